The molecule has 7 heteroatoms. The van der Waals surface area contributed by atoms with Gasteiger partial charge in [-0.3, -0.25) is 4.79 Å². The zero-order valence-corrected chi connectivity index (χ0v) is 13.4. The van der Waals surface area contributed by atoms with Gasteiger partial charge in [-0.05, 0) is 49.2 Å². The first-order valence-electron chi connectivity index (χ1n) is 7.49. The molecule has 6 nitrogen and oxygen atoms in total. The van der Waals surface area contributed by atoms with E-state index in [1.165, 1.54) is 10.4 Å². The number of carbonyl (C=O) groups excluding carboxylic acids is 1. The van der Waals surface area contributed by atoms with E-state index in [0.717, 1.165) is 19.3 Å². The summed E-state index contributed by atoms with van der Waals surface area (Å²) < 4.78 is 32.0. The Labute approximate surface area is 134 Å². The van der Waals surface area contributed by atoms with Crippen LogP contribution in [-0.2, 0) is 10.0 Å². The lowest BCUT2D eigenvalue weighted by atomic mass is 10.2. The van der Waals surface area contributed by atoms with E-state index in [4.69, 9.17) is 10.2 Å². The van der Waals surface area contributed by atoms with Gasteiger partial charge >= 0.3 is 0 Å². The minimum absolute atomic E-state index is 0.0741. The van der Waals surface area contributed by atoms with E-state index in [2.05, 4.69) is 0 Å². The number of piperidine rings is 1. The highest BCUT2D eigenvalue weighted by atomic mass is 32.2. The summed E-state index contributed by atoms with van der Waals surface area (Å²) in [4.78, 5) is 11.3. The molecule has 0 atom stereocenters. The molecule has 0 saturated carbocycles. The van der Waals surface area contributed by atoms with Crippen molar-refractivity contribution in [2.24, 2.45) is 5.73 Å². The topological polar surface area (TPSA) is 93.6 Å². The van der Waals surface area contributed by atoms with Gasteiger partial charge in [-0.25, -0.2) is 8.42 Å². The Hall–Kier alpha value is -2.12. The number of benzene rings is 1. The first kappa shape index (κ1) is 15.8. The molecule has 122 valence electrons. The van der Waals surface area contributed by atoms with Crippen LogP contribution < -0.4 is 5.73 Å². The number of primary amides is 1. The fraction of sp³-hybridized carbons (Fsp3) is 0.312. The van der Waals surface area contributed by atoms with E-state index in [1.807, 2.05) is 0 Å². The van der Waals surface area contributed by atoms with Crippen molar-refractivity contribution in [2.75, 3.05) is 13.1 Å². The average molecular weight is 334 g/mol. The van der Waals surface area contributed by atoms with E-state index in [9.17, 15) is 13.2 Å². The number of rotatable bonds is 4. The zero-order valence-electron chi connectivity index (χ0n) is 12.6. The van der Waals surface area contributed by atoms with Crippen LogP contribution in [0.25, 0.3) is 11.3 Å². The van der Waals surface area contributed by atoms with Crippen molar-refractivity contribution >= 4 is 15.9 Å². The third kappa shape index (κ3) is 3.16. The third-order valence-electron chi connectivity index (χ3n) is 3.94. The van der Waals surface area contributed by atoms with Crippen LogP contribution >= 0.6 is 0 Å². The van der Waals surface area contributed by atoms with Crippen molar-refractivity contribution in [3.63, 3.8) is 0 Å². The Morgan fingerprint density at radius 3 is 2.22 bits per heavy atom. The molecule has 23 heavy (non-hydrogen) atoms. The van der Waals surface area contributed by atoms with Gasteiger partial charge in [-0.1, -0.05) is 6.42 Å². The number of sulfonamides is 1. The minimum atomic E-state index is -3.44. The summed E-state index contributed by atoms with van der Waals surface area (Å²) >= 11 is 0. The smallest absolute Gasteiger partial charge is 0.284 e. The van der Waals surface area contributed by atoms with E-state index >= 15 is 0 Å². The number of nitrogens with zero attached hydrogens (tertiary/aromatic N) is 1. The number of hydrogen-bond acceptors (Lipinski definition) is 4. The van der Waals surface area contributed by atoms with Gasteiger partial charge in [0.25, 0.3) is 5.91 Å². The lowest BCUT2D eigenvalue weighted by Crippen LogP contribution is -2.35. The fourth-order valence-electron chi connectivity index (χ4n) is 2.67. The summed E-state index contributed by atoms with van der Waals surface area (Å²) in [5, 5.41) is 0. The van der Waals surface area contributed by atoms with E-state index in [-0.39, 0.29) is 10.7 Å². The fourth-order valence-corrected chi connectivity index (χ4v) is 4.19. The van der Waals surface area contributed by atoms with Gasteiger partial charge in [0.2, 0.25) is 10.0 Å². The van der Waals surface area contributed by atoms with E-state index < -0.39 is 15.9 Å². The third-order valence-corrected chi connectivity index (χ3v) is 5.85. The van der Waals surface area contributed by atoms with Gasteiger partial charge in [-0.15, -0.1) is 0 Å². The molecule has 1 amide bonds. The summed E-state index contributed by atoms with van der Waals surface area (Å²) in [5.74, 6) is -0.0914. The number of carbonyl (C=O) groups is 1. The van der Waals surface area contributed by atoms with E-state index in [0.29, 0.717) is 24.4 Å². The molecule has 0 spiro atoms. The van der Waals surface area contributed by atoms with Crippen molar-refractivity contribution in [3.05, 3.63) is 42.2 Å². The zero-order chi connectivity index (χ0) is 16.4. The molecule has 1 saturated heterocycles. The molecule has 2 aromatic rings. The van der Waals surface area contributed by atoms with Gasteiger partial charge in [-0.2, -0.15) is 4.31 Å². The monoisotopic (exact) mass is 334 g/mol. The molecule has 2 N–H and O–H groups in total. The van der Waals surface area contributed by atoms with Crippen molar-refractivity contribution in [1.82, 2.24) is 4.31 Å². The molecule has 3 rings (SSSR count). The summed E-state index contributed by atoms with van der Waals surface area (Å²) in [6.45, 7) is 1.15. The Morgan fingerprint density at radius 2 is 1.65 bits per heavy atom. The summed E-state index contributed by atoms with van der Waals surface area (Å²) in [6, 6.07) is 9.59. The van der Waals surface area contributed by atoms with Gasteiger partial charge in [0.1, 0.15) is 5.76 Å². The van der Waals surface area contributed by atoms with Crippen LogP contribution in [0.4, 0.5) is 0 Å². The van der Waals surface area contributed by atoms with Crippen molar-refractivity contribution in [2.45, 2.75) is 24.2 Å². The maximum atomic E-state index is 12.6. The molecule has 0 bridgehead atoms. The van der Waals surface area contributed by atoms with Crippen molar-refractivity contribution < 1.29 is 17.6 Å². The van der Waals surface area contributed by atoms with E-state index in [1.54, 1.807) is 30.3 Å². The molecule has 1 fully saturated rings. The van der Waals surface area contributed by atoms with Gasteiger partial charge in [0, 0.05) is 18.7 Å². The van der Waals surface area contributed by atoms with Crippen molar-refractivity contribution in [1.29, 1.82) is 0 Å². The van der Waals surface area contributed by atoms with Crippen LogP contribution in [0.3, 0.4) is 0 Å². The number of nitrogens with two attached hydrogens (primary N) is 1. The Bertz CT molecular complexity index is 803. The SMILES string of the molecule is NC(=O)c1ccc(-c2ccc(S(=O)(=O)N3CCCCC3)cc2)o1. The highest BCUT2D eigenvalue weighted by Gasteiger charge is 2.25. The van der Waals surface area contributed by atoms with Crippen LogP contribution in [0.2, 0.25) is 0 Å². The molecule has 1 aromatic heterocycles. The second kappa shape index (κ2) is 6.17. The maximum absolute atomic E-state index is 12.6. The van der Waals surface area contributed by atoms with Gasteiger partial charge < -0.3 is 10.2 Å². The highest BCUT2D eigenvalue weighted by Crippen LogP contribution is 2.26. The molecular weight excluding hydrogens is 316 g/mol. The number of furan rings is 1. The maximum Gasteiger partial charge on any atom is 0.284 e. The van der Waals surface area contributed by atoms with Gasteiger partial charge in [0.05, 0.1) is 4.90 Å². The molecule has 1 aliphatic rings. The quantitative estimate of drug-likeness (QED) is 0.927. The summed E-state index contributed by atoms with van der Waals surface area (Å²) in [7, 11) is -3.44. The Balaban J connectivity index is 1.85. The lowest BCUT2D eigenvalue weighted by molar-refractivity contribution is 0.0974. The molecular formula is C16H18N2O4S. The standard InChI is InChI=1S/C16H18N2O4S/c17-16(19)15-9-8-14(22-15)12-4-6-13(7-5-12)23(20,21)18-10-2-1-3-11-18/h4-9H,1-3,10-11H2,(H2,17,19). The van der Waals surface area contributed by atoms with Crippen LogP contribution in [0.1, 0.15) is 29.8 Å². The second-order valence-electron chi connectivity index (χ2n) is 5.52. The van der Waals surface area contributed by atoms with Crippen LogP contribution in [0.15, 0.2) is 45.7 Å². The van der Waals surface area contributed by atoms with Crippen LogP contribution in [0, 0.1) is 0 Å². The van der Waals surface area contributed by atoms with Gasteiger partial charge in [0.15, 0.2) is 5.76 Å². The summed E-state index contributed by atoms with van der Waals surface area (Å²) in [5.41, 5.74) is 5.84. The molecule has 1 aromatic carbocycles. The van der Waals surface area contributed by atoms with Crippen LogP contribution in [0.5, 0.6) is 0 Å². The minimum Gasteiger partial charge on any atom is -0.451 e. The molecule has 0 aliphatic carbocycles. The second-order valence-corrected chi connectivity index (χ2v) is 7.46. The average Bonchev–Trinajstić information content (AvgIpc) is 3.06. The molecule has 0 unspecified atom stereocenters. The number of amides is 1. The van der Waals surface area contributed by atoms with Crippen LogP contribution in [-0.4, -0.2) is 31.7 Å². The summed E-state index contributed by atoms with van der Waals surface area (Å²) in [6.07, 6.45) is 2.88. The van der Waals surface area contributed by atoms with Crippen molar-refractivity contribution in [3.8, 4) is 11.3 Å². The number of hydrogen-bond donors (Lipinski definition) is 1. The normalized spacial score (nSPS) is 16.3. The molecule has 1 aliphatic heterocycles. The predicted octanol–water partition coefficient (Wildman–Crippen LogP) is 2.22. The highest BCUT2D eigenvalue weighted by molar-refractivity contribution is 7.89. The Kier molecular flexibility index (Phi) is 4.23. The molecule has 2 heterocycles. The predicted molar refractivity (Wildman–Crippen MR) is 85.3 cm³/mol. The lowest BCUT2D eigenvalue weighted by Gasteiger charge is -2.25. The first-order chi connectivity index (χ1) is 11.0. The Morgan fingerprint density at radius 1 is 1.00 bits per heavy atom. The first-order valence-corrected chi connectivity index (χ1v) is 8.93. The largest absolute Gasteiger partial charge is 0.451 e. The molecule has 0 radical (unpaired) electrons.